The molecule has 1 aliphatic heterocycles. The fraction of sp³-hybridized carbons (Fsp3) is 0.846. The van der Waals surface area contributed by atoms with Crippen LogP contribution >= 0.6 is 0 Å². The molecule has 1 heterocycles. The summed E-state index contributed by atoms with van der Waals surface area (Å²) >= 11 is 0. The fourth-order valence-electron chi connectivity index (χ4n) is 3.06. The molecule has 0 spiro atoms. The van der Waals surface area contributed by atoms with E-state index in [1.807, 2.05) is 0 Å². The van der Waals surface area contributed by atoms with Crippen LogP contribution in [0.25, 0.3) is 0 Å². The van der Waals surface area contributed by atoms with Crippen LogP contribution in [0.1, 0.15) is 32.1 Å². The molecule has 2 N–H and O–H groups in total. The van der Waals surface area contributed by atoms with Gasteiger partial charge in [-0.15, -0.1) is 0 Å². The summed E-state index contributed by atoms with van der Waals surface area (Å²) in [6.07, 6.45) is 4.30. The van der Waals surface area contributed by atoms with E-state index in [0.717, 1.165) is 38.6 Å². The van der Waals surface area contributed by atoms with Gasteiger partial charge in [0.2, 0.25) is 11.8 Å². The molecule has 2 rings (SSSR count). The van der Waals surface area contributed by atoms with Crippen molar-refractivity contribution >= 4 is 11.8 Å². The lowest BCUT2D eigenvalue weighted by Gasteiger charge is -2.28. The molecule has 5 heteroatoms. The summed E-state index contributed by atoms with van der Waals surface area (Å²) in [7, 11) is 3.49. The molecule has 1 saturated heterocycles. The molecular formula is C13H23N3O2. The first-order valence-corrected chi connectivity index (χ1v) is 6.78. The molecule has 2 aliphatic rings. The number of likely N-dealkylation sites (tertiary alicyclic amines) is 1. The quantitative estimate of drug-likeness (QED) is 0.764. The second-order valence-corrected chi connectivity index (χ2v) is 5.69. The third-order valence-electron chi connectivity index (χ3n) is 4.08. The number of carbonyl (C=O) groups excluding carboxylic acids is 2. The molecule has 102 valence electrons. The maximum Gasteiger partial charge on any atom is 0.244 e. The minimum absolute atomic E-state index is 0.0376. The van der Waals surface area contributed by atoms with Crippen molar-refractivity contribution < 1.29 is 9.59 Å². The predicted octanol–water partition coefficient (Wildman–Crippen LogP) is 0.193. The zero-order chi connectivity index (χ0) is 13.3. The first-order valence-electron chi connectivity index (χ1n) is 6.78. The van der Waals surface area contributed by atoms with Crippen LogP contribution in [0.15, 0.2) is 0 Å². The van der Waals surface area contributed by atoms with Gasteiger partial charge in [-0.2, -0.15) is 0 Å². The van der Waals surface area contributed by atoms with Crippen LogP contribution in [0.2, 0.25) is 0 Å². The highest BCUT2D eigenvalue weighted by molar-refractivity contribution is 5.89. The van der Waals surface area contributed by atoms with Crippen LogP contribution in [0.4, 0.5) is 0 Å². The second kappa shape index (κ2) is 5.26. The van der Waals surface area contributed by atoms with Gasteiger partial charge in [0.15, 0.2) is 0 Å². The zero-order valence-corrected chi connectivity index (χ0v) is 11.3. The van der Waals surface area contributed by atoms with Crippen molar-refractivity contribution in [2.24, 2.45) is 11.7 Å². The molecule has 0 bridgehead atoms. The minimum Gasteiger partial charge on any atom is -0.347 e. The summed E-state index contributed by atoms with van der Waals surface area (Å²) < 4.78 is 0. The van der Waals surface area contributed by atoms with Crippen LogP contribution in [0.5, 0.6) is 0 Å². The third-order valence-corrected chi connectivity index (χ3v) is 4.08. The number of hydrogen-bond acceptors (Lipinski definition) is 3. The van der Waals surface area contributed by atoms with E-state index < -0.39 is 0 Å². The van der Waals surface area contributed by atoms with Crippen molar-refractivity contribution in [1.29, 1.82) is 0 Å². The Morgan fingerprint density at radius 3 is 2.50 bits per heavy atom. The van der Waals surface area contributed by atoms with Crippen LogP contribution in [-0.2, 0) is 9.59 Å². The second-order valence-electron chi connectivity index (χ2n) is 5.69. The van der Waals surface area contributed by atoms with Crippen LogP contribution in [-0.4, -0.2) is 54.3 Å². The Morgan fingerprint density at radius 2 is 1.94 bits per heavy atom. The van der Waals surface area contributed by atoms with Gasteiger partial charge in [0, 0.05) is 32.6 Å². The largest absolute Gasteiger partial charge is 0.347 e. The van der Waals surface area contributed by atoms with Crippen LogP contribution in [0.3, 0.4) is 0 Å². The lowest BCUT2D eigenvalue weighted by Crippen LogP contribution is -2.47. The van der Waals surface area contributed by atoms with Gasteiger partial charge in [0.25, 0.3) is 0 Å². The molecule has 0 radical (unpaired) electrons. The van der Waals surface area contributed by atoms with Gasteiger partial charge < -0.3 is 15.5 Å². The topological polar surface area (TPSA) is 66.6 Å². The van der Waals surface area contributed by atoms with E-state index in [9.17, 15) is 9.59 Å². The smallest absolute Gasteiger partial charge is 0.244 e. The Balaban J connectivity index is 2.03. The molecule has 0 aromatic heterocycles. The molecule has 1 aliphatic carbocycles. The van der Waals surface area contributed by atoms with E-state index in [0.29, 0.717) is 0 Å². The predicted molar refractivity (Wildman–Crippen MR) is 68.7 cm³/mol. The van der Waals surface area contributed by atoms with Crippen molar-refractivity contribution in [2.75, 3.05) is 20.6 Å². The van der Waals surface area contributed by atoms with Crippen molar-refractivity contribution in [1.82, 2.24) is 9.80 Å². The number of amides is 2. The molecule has 1 saturated carbocycles. The highest BCUT2D eigenvalue weighted by Gasteiger charge is 2.39. The number of likely N-dealkylation sites (N-methyl/N-ethyl adjacent to an activating group) is 1. The molecule has 2 amide bonds. The zero-order valence-electron chi connectivity index (χ0n) is 11.3. The Labute approximate surface area is 108 Å². The van der Waals surface area contributed by atoms with E-state index in [-0.39, 0.29) is 29.8 Å². The Kier molecular flexibility index (Phi) is 3.90. The molecule has 3 unspecified atom stereocenters. The van der Waals surface area contributed by atoms with Gasteiger partial charge in [0.1, 0.15) is 6.04 Å². The number of carbonyl (C=O) groups is 2. The van der Waals surface area contributed by atoms with Gasteiger partial charge >= 0.3 is 0 Å². The van der Waals surface area contributed by atoms with E-state index in [1.54, 1.807) is 23.9 Å². The molecule has 2 fully saturated rings. The average Bonchev–Trinajstić information content (AvgIpc) is 2.95. The number of nitrogens with zero attached hydrogens (tertiary/aromatic N) is 2. The normalized spacial score (nSPS) is 31.7. The van der Waals surface area contributed by atoms with Gasteiger partial charge in [-0.25, -0.2) is 0 Å². The lowest BCUT2D eigenvalue weighted by atomic mass is 10.1. The van der Waals surface area contributed by atoms with Crippen molar-refractivity contribution in [3.05, 3.63) is 0 Å². The van der Waals surface area contributed by atoms with Gasteiger partial charge in [-0.3, -0.25) is 9.59 Å². The Hall–Kier alpha value is -1.10. The first kappa shape index (κ1) is 13.3. The molecule has 18 heavy (non-hydrogen) atoms. The van der Waals surface area contributed by atoms with Crippen LogP contribution < -0.4 is 5.73 Å². The molecular weight excluding hydrogens is 230 g/mol. The standard InChI is InChI=1S/C13H23N3O2/c1-15(2)13(18)11-4-3-7-16(11)12(17)9-5-6-10(14)8-9/h9-11H,3-8,14H2,1-2H3. The van der Waals surface area contributed by atoms with Gasteiger partial charge in [-0.1, -0.05) is 0 Å². The van der Waals surface area contributed by atoms with Crippen LogP contribution in [0, 0.1) is 5.92 Å². The first-order chi connectivity index (χ1) is 8.50. The van der Waals surface area contributed by atoms with E-state index >= 15 is 0 Å². The molecule has 3 atom stereocenters. The molecule has 0 aromatic rings. The highest BCUT2D eigenvalue weighted by Crippen LogP contribution is 2.29. The van der Waals surface area contributed by atoms with E-state index in [1.165, 1.54) is 0 Å². The monoisotopic (exact) mass is 253 g/mol. The maximum atomic E-state index is 12.4. The Bertz CT molecular complexity index is 343. The van der Waals surface area contributed by atoms with Crippen molar-refractivity contribution in [3.63, 3.8) is 0 Å². The number of hydrogen-bond donors (Lipinski definition) is 1. The van der Waals surface area contributed by atoms with E-state index in [2.05, 4.69) is 0 Å². The fourth-order valence-corrected chi connectivity index (χ4v) is 3.06. The summed E-state index contributed by atoms with van der Waals surface area (Å²) in [5, 5.41) is 0. The maximum absolute atomic E-state index is 12.4. The Morgan fingerprint density at radius 1 is 1.22 bits per heavy atom. The van der Waals surface area contributed by atoms with Crippen molar-refractivity contribution in [2.45, 2.75) is 44.2 Å². The molecule has 5 nitrogen and oxygen atoms in total. The third kappa shape index (κ3) is 2.51. The summed E-state index contributed by atoms with van der Waals surface area (Å²) in [6.45, 7) is 0.717. The number of nitrogens with two attached hydrogens (primary N) is 1. The summed E-state index contributed by atoms with van der Waals surface area (Å²) in [5.74, 6) is 0.222. The molecule has 0 aromatic carbocycles. The van der Waals surface area contributed by atoms with Crippen molar-refractivity contribution in [3.8, 4) is 0 Å². The van der Waals surface area contributed by atoms with E-state index in [4.69, 9.17) is 5.73 Å². The lowest BCUT2D eigenvalue weighted by molar-refractivity contribution is -0.144. The highest BCUT2D eigenvalue weighted by atomic mass is 16.2. The average molecular weight is 253 g/mol. The minimum atomic E-state index is -0.246. The SMILES string of the molecule is CN(C)C(=O)C1CCCN1C(=O)C1CCC(N)C1. The van der Waals surface area contributed by atoms with Gasteiger partial charge in [-0.05, 0) is 32.1 Å². The number of rotatable bonds is 2. The van der Waals surface area contributed by atoms with Gasteiger partial charge in [0.05, 0.1) is 0 Å². The summed E-state index contributed by atoms with van der Waals surface area (Å²) in [5.41, 5.74) is 5.86. The summed E-state index contributed by atoms with van der Waals surface area (Å²) in [6, 6.07) is -0.0890. The summed E-state index contributed by atoms with van der Waals surface area (Å²) in [4.78, 5) is 27.8.